The fraction of sp³-hybridized carbons (Fsp3) is 0.0476. The molecule has 0 radical (unpaired) electrons. The average Bonchev–Trinajstić information content (AvgIpc) is 3.34. The Morgan fingerprint density at radius 2 is 1.87 bits per heavy atom. The summed E-state index contributed by atoms with van der Waals surface area (Å²) in [7, 11) is 0. The lowest BCUT2D eigenvalue weighted by atomic mass is 10.1. The maximum atomic E-state index is 13.4. The molecule has 9 heteroatoms. The van der Waals surface area contributed by atoms with E-state index in [9.17, 15) is 13.6 Å². The molecule has 0 unspecified atom stereocenters. The van der Waals surface area contributed by atoms with E-state index in [0.717, 1.165) is 29.0 Å². The molecular formula is C21H13F2N3O3S. The minimum atomic E-state index is -1.05. The number of halogens is 2. The highest BCUT2D eigenvalue weighted by Gasteiger charge is 2.19. The summed E-state index contributed by atoms with van der Waals surface area (Å²) in [6.07, 6.45) is 0. The molecule has 0 saturated carbocycles. The molecule has 1 aliphatic heterocycles. The Hall–Kier alpha value is -3.72. The van der Waals surface area contributed by atoms with Gasteiger partial charge in [-0.25, -0.2) is 13.8 Å². The van der Waals surface area contributed by atoms with Gasteiger partial charge in [0, 0.05) is 22.7 Å². The molecule has 0 spiro atoms. The van der Waals surface area contributed by atoms with Crippen LogP contribution >= 0.6 is 11.3 Å². The standard InChI is InChI=1S/C21H13F2N3O3S/c22-13-4-2-11(8-14(13)23)25-20(27)19-18(24)12-3-5-15(26-21(12)30-19)10-1-6-16-17(7-10)29-9-28-16/h1-8H,9,24H2,(H,25,27). The first kappa shape index (κ1) is 18.3. The predicted octanol–water partition coefficient (Wildman–Crippen LogP) is 4.80. The fourth-order valence-electron chi connectivity index (χ4n) is 3.14. The number of nitrogens with two attached hydrogens (primary N) is 1. The number of aromatic nitrogens is 1. The van der Waals surface area contributed by atoms with Crippen LogP contribution in [0.4, 0.5) is 20.2 Å². The van der Waals surface area contributed by atoms with Crippen molar-refractivity contribution in [3.05, 3.63) is 65.0 Å². The third-order valence-electron chi connectivity index (χ3n) is 4.65. The predicted molar refractivity (Wildman–Crippen MR) is 110 cm³/mol. The van der Waals surface area contributed by atoms with Gasteiger partial charge in [-0.3, -0.25) is 4.79 Å². The van der Waals surface area contributed by atoms with Crippen LogP contribution in [0.25, 0.3) is 21.5 Å². The van der Waals surface area contributed by atoms with Crippen LogP contribution in [-0.2, 0) is 0 Å². The van der Waals surface area contributed by atoms with Crippen LogP contribution in [0.1, 0.15) is 9.67 Å². The van der Waals surface area contributed by atoms with E-state index in [2.05, 4.69) is 10.3 Å². The first-order chi connectivity index (χ1) is 14.5. The molecule has 0 bridgehead atoms. The topological polar surface area (TPSA) is 86.5 Å². The molecule has 2 aromatic carbocycles. The van der Waals surface area contributed by atoms with E-state index >= 15 is 0 Å². The van der Waals surface area contributed by atoms with Crippen molar-refractivity contribution in [2.75, 3.05) is 17.8 Å². The highest BCUT2D eigenvalue weighted by Crippen LogP contribution is 2.38. The van der Waals surface area contributed by atoms with E-state index in [1.54, 1.807) is 12.1 Å². The molecule has 3 N–H and O–H groups in total. The highest BCUT2D eigenvalue weighted by atomic mass is 32.1. The van der Waals surface area contributed by atoms with Crippen LogP contribution in [0.3, 0.4) is 0 Å². The number of hydrogen-bond donors (Lipinski definition) is 2. The Morgan fingerprint density at radius 1 is 1.03 bits per heavy atom. The van der Waals surface area contributed by atoms with Gasteiger partial charge in [0.15, 0.2) is 23.1 Å². The Balaban J connectivity index is 1.47. The number of ether oxygens (including phenoxy) is 2. The van der Waals surface area contributed by atoms with E-state index in [-0.39, 0.29) is 23.0 Å². The van der Waals surface area contributed by atoms with Crippen LogP contribution in [0.5, 0.6) is 11.5 Å². The van der Waals surface area contributed by atoms with Gasteiger partial charge in [0.05, 0.1) is 11.4 Å². The van der Waals surface area contributed by atoms with Crippen LogP contribution < -0.4 is 20.5 Å². The first-order valence-electron chi connectivity index (χ1n) is 8.85. The largest absolute Gasteiger partial charge is 0.454 e. The molecule has 0 fully saturated rings. The smallest absolute Gasteiger partial charge is 0.267 e. The lowest BCUT2D eigenvalue weighted by molar-refractivity contribution is 0.103. The zero-order valence-corrected chi connectivity index (χ0v) is 16.1. The second kappa shape index (κ2) is 6.96. The normalized spacial score (nSPS) is 12.3. The van der Waals surface area contributed by atoms with E-state index in [1.807, 2.05) is 18.2 Å². The van der Waals surface area contributed by atoms with Crippen LogP contribution in [0.2, 0.25) is 0 Å². The van der Waals surface area contributed by atoms with Crippen molar-refractivity contribution in [1.82, 2.24) is 4.98 Å². The number of rotatable bonds is 3. The third-order valence-corrected chi connectivity index (χ3v) is 5.76. The van der Waals surface area contributed by atoms with Gasteiger partial charge in [0.25, 0.3) is 5.91 Å². The van der Waals surface area contributed by atoms with E-state index in [4.69, 9.17) is 15.2 Å². The summed E-state index contributed by atoms with van der Waals surface area (Å²) in [4.78, 5) is 18.1. The van der Waals surface area contributed by atoms with Crippen molar-refractivity contribution in [2.24, 2.45) is 0 Å². The quantitative estimate of drug-likeness (QED) is 0.492. The summed E-state index contributed by atoms with van der Waals surface area (Å²) >= 11 is 1.12. The Bertz CT molecular complexity index is 1320. The van der Waals surface area contributed by atoms with Gasteiger partial charge in [-0.15, -0.1) is 11.3 Å². The van der Waals surface area contributed by atoms with E-state index in [0.29, 0.717) is 27.4 Å². The van der Waals surface area contributed by atoms with Crippen LogP contribution in [0.15, 0.2) is 48.5 Å². The lowest BCUT2D eigenvalue weighted by Crippen LogP contribution is -2.12. The third kappa shape index (κ3) is 3.09. The highest BCUT2D eigenvalue weighted by molar-refractivity contribution is 7.21. The van der Waals surface area contributed by atoms with Gasteiger partial charge in [-0.1, -0.05) is 0 Å². The number of amides is 1. The lowest BCUT2D eigenvalue weighted by Gasteiger charge is -2.04. The second-order valence-electron chi connectivity index (χ2n) is 6.55. The SMILES string of the molecule is Nc1c(C(=O)Nc2ccc(F)c(F)c2)sc2nc(-c3ccc4c(c3)OCO4)ccc12. The Labute approximate surface area is 172 Å². The number of fused-ring (bicyclic) bond motifs is 2. The molecule has 150 valence electrons. The Morgan fingerprint density at radius 3 is 2.70 bits per heavy atom. The molecule has 2 aromatic heterocycles. The number of anilines is 2. The van der Waals surface area contributed by atoms with Gasteiger partial charge in [-0.05, 0) is 42.5 Å². The van der Waals surface area contributed by atoms with Gasteiger partial charge in [0.1, 0.15) is 9.71 Å². The van der Waals surface area contributed by atoms with Crippen LogP contribution in [0, 0.1) is 11.6 Å². The fourth-order valence-corrected chi connectivity index (χ4v) is 4.13. The van der Waals surface area contributed by atoms with Crippen LogP contribution in [-0.4, -0.2) is 17.7 Å². The van der Waals surface area contributed by atoms with Gasteiger partial charge in [0.2, 0.25) is 6.79 Å². The monoisotopic (exact) mass is 425 g/mol. The van der Waals surface area contributed by atoms with Crippen molar-refractivity contribution in [3.8, 4) is 22.8 Å². The number of pyridine rings is 1. The number of nitrogen functional groups attached to an aromatic ring is 1. The summed E-state index contributed by atoms with van der Waals surface area (Å²) in [5.74, 6) is -1.24. The number of carbonyl (C=O) groups excluding carboxylic acids is 1. The summed E-state index contributed by atoms with van der Waals surface area (Å²) < 4.78 is 37.2. The molecule has 1 aliphatic rings. The summed E-state index contributed by atoms with van der Waals surface area (Å²) in [6.45, 7) is 0.184. The Kier molecular flexibility index (Phi) is 4.25. The number of nitrogens with one attached hydrogen (secondary N) is 1. The molecule has 6 nitrogen and oxygen atoms in total. The average molecular weight is 425 g/mol. The zero-order chi connectivity index (χ0) is 20.8. The molecular weight excluding hydrogens is 412 g/mol. The van der Waals surface area contributed by atoms with Crippen molar-refractivity contribution in [2.45, 2.75) is 0 Å². The van der Waals surface area contributed by atoms with Crippen molar-refractivity contribution in [1.29, 1.82) is 0 Å². The van der Waals surface area contributed by atoms with Gasteiger partial charge < -0.3 is 20.5 Å². The summed E-state index contributed by atoms with van der Waals surface area (Å²) in [5, 5.41) is 3.17. The number of benzene rings is 2. The summed E-state index contributed by atoms with van der Waals surface area (Å²) in [6, 6.07) is 12.2. The summed E-state index contributed by atoms with van der Waals surface area (Å²) in [5.41, 5.74) is 8.08. The molecule has 0 saturated heterocycles. The van der Waals surface area contributed by atoms with Crippen molar-refractivity contribution >= 4 is 38.8 Å². The van der Waals surface area contributed by atoms with E-state index < -0.39 is 17.5 Å². The molecule has 3 heterocycles. The molecule has 0 atom stereocenters. The van der Waals surface area contributed by atoms with Crippen molar-refractivity contribution in [3.63, 3.8) is 0 Å². The molecule has 1 amide bonds. The minimum Gasteiger partial charge on any atom is -0.454 e. The maximum absolute atomic E-state index is 13.4. The molecule has 5 rings (SSSR count). The van der Waals surface area contributed by atoms with Gasteiger partial charge >= 0.3 is 0 Å². The number of nitrogens with zero attached hydrogens (tertiary/aromatic N) is 1. The molecule has 4 aromatic rings. The number of carbonyl (C=O) groups is 1. The van der Waals surface area contributed by atoms with Gasteiger partial charge in [-0.2, -0.15) is 0 Å². The first-order valence-corrected chi connectivity index (χ1v) is 9.67. The second-order valence-corrected chi connectivity index (χ2v) is 7.54. The molecule has 0 aliphatic carbocycles. The zero-order valence-electron chi connectivity index (χ0n) is 15.2. The van der Waals surface area contributed by atoms with E-state index in [1.165, 1.54) is 6.07 Å². The number of hydrogen-bond acceptors (Lipinski definition) is 6. The minimum absolute atomic E-state index is 0.129. The maximum Gasteiger partial charge on any atom is 0.267 e. The number of thiophene rings is 1. The van der Waals surface area contributed by atoms with Crippen molar-refractivity contribution < 1.29 is 23.0 Å². The molecule has 30 heavy (non-hydrogen) atoms.